The maximum atomic E-state index is 11.0. The Labute approximate surface area is 64.4 Å². The summed E-state index contributed by atoms with van der Waals surface area (Å²) < 4.78 is 4.89. The van der Waals surface area contributed by atoms with Crippen LogP contribution < -0.4 is 11.1 Å². The van der Waals surface area contributed by atoms with Crippen molar-refractivity contribution in [3.63, 3.8) is 0 Å². The van der Waals surface area contributed by atoms with Crippen molar-refractivity contribution in [2.24, 2.45) is 0 Å². The van der Waals surface area contributed by atoms with Crippen LogP contribution >= 0.6 is 0 Å². The van der Waals surface area contributed by atoms with Crippen LogP contribution in [0.2, 0.25) is 0 Å². The highest BCUT2D eigenvalue weighted by Gasteiger charge is 2.07. The quantitative estimate of drug-likeness (QED) is 0.613. The molecule has 0 aliphatic heterocycles. The van der Waals surface area contributed by atoms with Gasteiger partial charge in [-0.15, -0.1) is 0 Å². The lowest BCUT2D eigenvalue weighted by atomic mass is 10.3. The van der Waals surface area contributed by atoms with Crippen LogP contribution in [-0.2, 0) is 0 Å². The van der Waals surface area contributed by atoms with Crippen molar-refractivity contribution in [2.45, 2.75) is 0 Å². The van der Waals surface area contributed by atoms with Crippen molar-refractivity contribution in [3.05, 3.63) is 17.9 Å². The molecule has 0 aromatic carbocycles. The van der Waals surface area contributed by atoms with E-state index in [1.54, 1.807) is 19.2 Å². The van der Waals surface area contributed by atoms with Crippen LogP contribution in [0.1, 0.15) is 10.6 Å². The summed E-state index contributed by atoms with van der Waals surface area (Å²) in [6.45, 7) is 0.271. The standard InChI is InChI=1S/C7H10N2O2/c1-9-4-5(10)6-2-3-7(8)11-6/h2-3,9H,4,8H2,1H3. The number of anilines is 1. The third-order valence-corrected chi connectivity index (χ3v) is 1.24. The van der Waals surface area contributed by atoms with Gasteiger partial charge in [-0.05, 0) is 13.1 Å². The van der Waals surface area contributed by atoms with Crippen molar-refractivity contribution in [2.75, 3.05) is 19.3 Å². The third kappa shape index (κ3) is 1.81. The smallest absolute Gasteiger partial charge is 0.211 e. The number of ketones is 1. The lowest BCUT2D eigenvalue weighted by Crippen LogP contribution is -2.17. The van der Waals surface area contributed by atoms with Gasteiger partial charge in [-0.3, -0.25) is 4.79 Å². The summed E-state index contributed by atoms with van der Waals surface area (Å²) in [7, 11) is 1.70. The van der Waals surface area contributed by atoms with Crippen LogP contribution in [0.5, 0.6) is 0 Å². The number of rotatable bonds is 3. The summed E-state index contributed by atoms with van der Waals surface area (Å²) in [4.78, 5) is 11.0. The molecule has 0 aliphatic rings. The summed E-state index contributed by atoms with van der Waals surface area (Å²) >= 11 is 0. The number of furan rings is 1. The van der Waals surface area contributed by atoms with Gasteiger partial charge in [0, 0.05) is 6.07 Å². The zero-order valence-corrected chi connectivity index (χ0v) is 6.26. The van der Waals surface area contributed by atoms with E-state index in [4.69, 9.17) is 10.2 Å². The number of nitrogen functional groups attached to an aromatic ring is 1. The van der Waals surface area contributed by atoms with E-state index in [1.165, 1.54) is 0 Å². The molecule has 0 saturated carbocycles. The number of nitrogens with two attached hydrogens (primary N) is 1. The Kier molecular flexibility index (Phi) is 2.28. The van der Waals surface area contributed by atoms with E-state index < -0.39 is 0 Å². The van der Waals surface area contributed by atoms with Crippen LogP contribution in [0.3, 0.4) is 0 Å². The summed E-state index contributed by atoms with van der Waals surface area (Å²) in [6.07, 6.45) is 0. The third-order valence-electron chi connectivity index (χ3n) is 1.24. The highest BCUT2D eigenvalue weighted by Crippen LogP contribution is 2.08. The molecule has 0 bridgehead atoms. The summed E-state index contributed by atoms with van der Waals surface area (Å²) in [5.74, 6) is 0.477. The molecule has 4 nitrogen and oxygen atoms in total. The second-order valence-electron chi connectivity index (χ2n) is 2.16. The Morgan fingerprint density at radius 2 is 2.45 bits per heavy atom. The van der Waals surface area contributed by atoms with Gasteiger partial charge in [0.1, 0.15) is 0 Å². The number of hydrogen-bond donors (Lipinski definition) is 2. The van der Waals surface area contributed by atoms with E-state index in [2.05, 4.69) is 5.32 Å². The maximum Gasteiger partial charge on any atom is 0.211 e. The van der Waals surface area contributed by atoms with Crippen LogP contribution in [0.25, 0.3) is 0 Å². The molecular formula is C7H10N2O2. The molecule has 0 atom stereocenters. The maximum absolute atomic E-state index is 11.0. The number of nitrogens with one attached hydrogen (secondary N) is 1. The molecule has 1 rings (SSSR count). The summed E-state index contributed by atoms with van der Waals surface area (Å²) in [5, 5.41) is 2.72. The van der Waals surface area contributed by atoms with Crippen LogP contribution in [0.4, 0.5) is 5.88 Å². The Balaban J connectivity index is 2.69. The molecule has 4 heteroatoms. The largest absolute Gasteiger partial charge is 0.438 e. The average Bonchev–Trinajstić information content (AvgIpc) is 2.36. The first-order valence-corrected chi connectivity index (χ1v) is 3.27. The minimum Gasteiger partial charge on any atom is -0.438 e. The Morgan fingerprint density at radius 1 is 1.73 bits per heavy atom. The predicted octanol–water partition coefficient (Wildman–Crippen LogP) is 0.264. The monoisotopic (exact) mass is 154 g/mol. The first kappa shape index (κ1) is 7.81. The molecule has 1 aromatic heterocycles. The molecule has 0 spiro atoms. The summed E-state index contributed by atoms with van der Waals surface area (Å²) in [6, 6.07) is 3.12. The second kappa shape index (κ2) is 3.21. The molecule has 0 amide bonds. The molecule has 11 heavy (non-hydrogen) atoms. The molecule has 3 N–H and O–H groups in total. The van der Waals surface area contributed by atoms with Gasteiger partial charge < -0.3 is 15.5 Å². The van der Waals surface area contributed by atoms with Crippen molar-refractivity contribution >= 4 is 11.7 Å². The fourth-order valence-electron chi connectivity index (χ4n) is 0.750. The number of Topliss-reactive ketones (excluding diaryl/α,β-unsaturated/α-hetero) is 1. The van der Waals surface area contributed by atoms with Crippen molar-refractivity contribution in [3.8, 4) is 0 Å². The zero-order valence-electron chi connectivity index (χ0n) is 6.26. The highest BCUT2D eigenvalue weighted by molar-refractivity contribution is 5.95. The molecule has 0 saturated heterocycles. The molecular weight excluding hydrogens is 144 g/mol. The van der Waals surface area contributed by atoms with Crippen LogP contribution in [0.15, 0.2) is 16.5 Å². The van der Waals surface area contributed by atoms with Gasteiger partial charge in [0.15, 0.2) is 11.6 Å². The zero-order chi connectivity index (χ0) is 8.27. The number of carbonyl (C=O) groups is 1. The van der Waals surface area contributed by atoms with E-state index in [9.17, 15) is 4.79 Å². The van der Waals surface area contributed by atoms with Gasteiger partial charge in [0.2, 0.25) is 5.78 Å². The van der Waals surface area contributed by atoms with Crippen molar-refractivity contribution in [1.29, 1.82) is 0 Å². The molecule has 60 valence electrons. The molecule has 1 heterocycles. The van der Waals surface area contributed by atoms with Gasteiger partial charge in [0.25, 0.3) is 0 Å². The molecule has 0 unspecified atom stereocenters. The predicted molar refractivity (Wildman–Crippen MR) is 41.4 cm³/mol. The first-order chi connectivity index (χ1) is 5.24. The SMILES string of the molecule is CNCC(=O)c1ccc(N)o1. The summed E-state index contributed by atoms with van der Waals surface area (Å²) in [5.41, 5.74) is 5.27. The van der Waals surface area contributed by atoms with E-state index in [0.717, 1.165) is 0 Å². The molecule has 1 aromatic rings. The minimum atomic E-state index is -0.0933. The number of carbonyl (C=O) groups excluding carboxylic acids is 1. The van der Waals surface area contributed by atoms with Gasteiger partial charge in [-0.2, -0.15) is 0 Å². The normalized spacial score (nSPS) is 9.91. The lowest BCUT2D eigenvalue weighted by Gasteiger charge is -1.93. The molecule has 0 fully saturated rings. The van der Waals surface area contributed by atoms with E-state index in [-0.39, 0.29) is 18.2 Å². The van der Waals surface area contributed by atoms with Gasteiger partial charge in [0.05, 0.1) is 6.54 Å². The van der Waals surface area contributed by atoms with E-state index >= 15 is 0 Å². The Bertz CT molecular complexity index is 255. The van der Waals surface area contributed by atoms with E-state index in [1.807, 2.05) is 0 Å². The van der Waals surface area contributed by atoms with Crippen molar-refractivity contribution in [1.82, 2.24) is 5.32 Å². The van der Waals surface area contributed by atoms with Crippen LogP contribution in [0, 0.1) is 0 Å². The van der Waals surface area contributed by atoms with Gasteiger partial charge in [-0.1, -0.05) is 0 Å². The average molecular weight is 154 g/mol. The fraction of sp³-hybridized carbons (Fsp3) is 0.286. The molecule has 0 aliphatic carbocycles. The van der Waals surface area contributed by atoms with Crippen molar-refractivity contribution < 1.29 is 9.21 Å². The number of hydrogen-bond acceptors (Lipinski definition) is 4. The lowest BCUT2D eigenvalue weighted by molar-refractivity contribution is 0.0968. The molecule has 0 radical (unpaired) electrons. The Morgan fingerprint density at radius 3 is 2.91 bits per heavy atom. The minimum absolute atomic E-state index is 0.0933. The van der Waals surface area contributed by atoms with Gasteiger partial charge >= 0.3 is 0 Å². The first-order valence-electron chi connectivity index (χ1n) is 3.27. The van der Waals surface area contributed by atoms with Gasteiger partial charge in [-0.25, -0.2) is 0 Å². The fourth-order valence-corrected chi connectivity index (χ4v) is 0.750. The second-order valence-corrected chi connectivity index (χ2v) is 2.16. The van der Waals surface area contributed by atoms with Crippen LogP contribution in [-0.4, -0.2) is 19.4 Å². The highest BCUT2D eigenvalue weighted by atomic mass is 16.4. The van der Waals surface area contributed by atoms with E-state index in [0.29, 0.717) is 5.76 Å². The Hall–Kier alpha value is -1.29. The topological polar surface area (TPSA) is 68.3 Å². The number of likely N-dealkylation sites (N-methyl/N-ethyl adjacent to an activating group) is 1.